The van der Waals surface area contributed by atoms with Crippen LogP contribution in [0.2, 0.25) is 0 Å². The molecule has 0 aromatic heterocycles. The van der Waals surface area contributed by atoms with Gasteiger partial charge in [0.05, 0.1) is 30.7 Å². The molecular formula is C11H15N4O+. The number of rotatable bonds is 1. The zero-order valence-corrected chi connectivity index (χ0v) is 9.31. The zero-order valence-electron chi connectivity index (χ0n) is 9.31. The molecule has 16 heavy (non-hydrogen) atoms. The van der Waals surface area contributed by atoms with Crippen molar-refractivity contribution in [3.63, 3.8) is 0 Å². The molecule has 5 nitrogen and oxygen atoms in total. The van der Waals surface area contributed by atoms with Crippen LogP contribution in [0.3, 0.4) is 0 Å². The Morgan fingerprint density at radius 1 is 1.38 bits per heavy atom. The Labute approximate surface area is 94.4 Å². The summed E-state index contributed by atoms with van der Waals surface area (Å²) in [5.41, 5.74) is 9.04. The maximum Gasteiger partial charge on any atom is 0.390 e. The van der Waals surface area contributed by atoms with Crippen LogP contribution in [0.25, 0.3) is 4.98 Å². The van der Waals surface area contributed by atoms with Crippen molar-refractivity contribution in [2.24, 2.45) is 0 Å². The Balaban J connectivity index is 2.36. The number of hydrogen-bond donors (Lipinski definition) is 1. The second-order valence-electron chi connectivity index (χ2n) is 3.90. The van der Waals surface area contributed by atoms with Gasteiger partial charge in [0.15, 0.2) is 4.98 Å². The van der Waals surface area contributed by atoms with E-state index in [0.717, 1.165) is 24.3 Å². The Morgan fingerprint density at radius 2 is 2.06 bits per heavy atom. The van der Waals surface area contributed by atoms with Gasteiger partial charge in [0.1, 0.15) is 0 Å². The maximum absolute atomic E-state index is 8.87. The third kappa shape index (κ3) is 1.92. The van der Waals surface area contributed by atoms with Gasteiger partial charge in [0, 0.05) is 18.7 Å². The Morgan fingerprint density at radius 3 is 2.69 bits per heavy atom. The summed E-state index contributed by atoms with van der Waals surface area (Å²) in [6.45, 7) is 4.92. The molecule has 1 aliphatic rings. The molecule has 0 spiro atoms. The fourth-order valence-corrected chi connectivity index (χ4v) is 1.89. The summed E-state index contributed by atoms with van der Waals surface area (Å²) < 4.78 is 5.29. The average molecular weight is 219 g/mol. The number of diazo groups is 1. The van der Waals surface area contributed by atoms with Crippen molar-refractivity contribution in [1.82, 2.24) is 0 Å². The van der Waals surface area contributed by atoms with Crippen molar-refractivity contribution in [2.45, 2.75) is 6.92 Å². The third-order valence-corrected chi connectivity index (χ3v) is 2.80. The fourth-order valence-electron chi connectivity index (χ4n) is 1.89. The molecule has 1 aliphatic heterocycles. The van der Waals surface area contributed by atoms with E-state index in [1.807, 2.05) is 19.1 Å². The van der Waals surface area contributed by atoms with Crippen LogP contribution < -0.4 is 10.6 Å². The SMILES string of the molecule is Cc1cc(N)c(N2CCOCC2)cc1[N+]#N. The number of nitrogen functional groups attached to an aromatic ring is 1. The lowest BCUT2D eigenvalue weighted by Crippen LogP contribution is -2.36. The van der Waals surface area contributed by atoms with Gasteiger partial charge in [-0.15, -0.1) is 0 Å². The molecule has 0 aliphatic carbocycles. The first kappa shape index (κ1) is 10.7. The molecule has 5 heteroatoms. The molecule has 1 heterocycles. The molecule has 2 N–H and O–H groups in total. The lowest BCUT2D eigenvalue weighted by molar-refractivity contribution is 0.123. The molecule has 1 aromatic rings. The molecule has 0 saturated carbocycles. The van der Waals surface area contributed by atoms with Crippen molar-refractivity contribution >= 4 is 17.1 Å². The quantitative estimate of drug-likeness (QED) is 0.578. The summed E-state index contributed by atoms with van der Waals surface area (Å²) >= 11 is 0. The molecule has 0 amide bonds. The summed E-state index contributed by atoms with van der Waals surface area (Å²) in [5, 5.41) is 8.87. The molecule has 84 valence electrons. The summed E-state index contributed by atoms with van der Waals surface area (Å²) in [7, 11) is 0. The molecular weight excluding hydrogens is 204 g/mol. The van der Waals surface area contributed by atoms with Crippen molar-refractivity contribution in [3.05, 3.63) is 22.7 Å². The standard InChI is InChI=1S/C11H15N4O/c1-8-6-9(12)11(7-10(8)14-13)15-2-4-16-5-3-15/h6-7H,2-5,12H2,1H3/q+1. The largest absolute Gasteiger partial charge is 0.397 e. The van der Waals surface area contributed by atoms with Gasteiger partial charge in [0.25, 0.3) is 0 Å². The number of ether oxygens (including phenoxy) is 1. The normalized spacial score (nSPS) is 15.9. The molecule has 0 bridgehead atoms. The van der Waals surface area contributed by atoms with E-state index in [-0.39, 0.29) is 0 Å². The number of anilines is 2. The van der Waals surface area contributed by atoms with Gasteiger partial charge in [-0.05, 0) is 13.0 Å². The molecule has 0 atom stereocenters. The Kier molecular flexibility index (Phi) is 2.93. The Hall–Kier alpha value is -1.80. The number of benzene rings is 1. The lowest BCUT2D eigenvalue weighted by atomic mass is 10.1. The molecule has 2 rings (SSSR count). The predicted molar refractivity (Wildman–Crippen MR) is 63.4 cm³/mol. The summed E-state index contributed by atoms with van der Waals surface area (Å²) in [4.78, 5) is 5.40. The van der Waals surface area contributed by atoms with Crippen LogP contribution in [-0.4, -0.2) is 26.3 Å². The van der Waals surface area contributed by atoms with Crippen molar-refractivity contribution in [3.8, 4) is 0 Å². The number of hydrogen-bond acceptors (Lipinski definition) is 4. The van der Waals surface area contributed by atoms with Crippen LogP contribution in [0, 0.1) is 12.3 Å². The highest BCUT2D eigenvalue weighted by molar-refractivity contribution is 5.75. The monoisotopic (exact) mass is 219 g/mol. The van der Waals surface area contributed by atoms with Crippen molar-refractivity contribution < 1.29 is 4.74 Å². The fraction of sp³-hybridized carbons (Fsp3) is 0.455. The van der Waals surface area contributed by atoms with E-state index in [9.17, 15) is 0 Å². The minimum atomic E-state index is 0.565. The molecule has 0 unspecified atom stereocenters. The molecule has 1 saturated heterocycles. The van der Waals surface area contributed by atoms with Crippen molar-refractivity contribution in [2.75, 3.05) is 36.9 Å². The van der Waals surface area contributed by atoms with E-state index in [0.29, 0.717) is 24.6 Å². The van der Waals surface area contributed by atoms with Gasteiger partial charge in [0.2, 0.25) is 5.39 Å². The van der Waals surface area contributed by atoms with Crippen LogP contribution in [0.15, 0.2) is 12.1 Å². The number of morpholine rings is 1. The summed E-state index contributed by atoms with van der Waals surface area (Å²) in [6.07, 6.45) is 0. The van der Waals surface area contributed by atoms with Crippen LogP contribution in [0.5, 0.6) is 0 Å². The Bertz CT molecular complexity index is 432. The highest BCUT2D eigenvalue weighted by Crippen LogP contribution is 2.32. The van der Waals surface area contributed by atoms with Crippen LogP contribution >= 0.6 is 0 Å². The van der Waals surface area contributed by atoms with E-state index >= 15 is 0 Å². The van der Waals surface area contributed by atoms with E-state index < -0.39 is 0 Å². The van der Waals surface area contributed by atoms with Gasteiger partial charge >= 0.3 is 5.69 Å². The van der Waals surface area contributed by atoms with Gasteiger partial charge in [-0.3, -0.25) is 0 Å². The molecule has 1 fully saturated rings. The minimum absolute atomic E-state index is 0.565. The van der Waals surface area contributed by atoms with E-state index in [1.165, 1.54) is 0 Å². The highest BCUT2D eigenvalue weighted by Gasteiger charge is 2.19. The number of aryl methyl sites for hydroxylation is 1. The van der Waals surface area contributed by atoms with Gasteiger partial charge in [-0.2, -0.15) is 0 Å². The highest BCUT2D eigenvalue weighted by atomic mass is 16.5. The zero-order chi connectivity index (χ0) is 11.5. The van der Waals surface area contributed by atoms with Gasteiger partial charge < -0.3 is 15.4 Å². The first-order valence-corrected chi connectivity index (χ1v) is 5.30. The van der Waals surface area contributed by atoms with Crippen LogP contribution in [-0.2, 0) is 4.74 Å². The van der Waals surface area contributed by atoms with Crippen LogP contribution in [0.1, 0.15) is 5.56 Å². The number of nitrogens with zero attached hydrogens (tertiary/aromatic N) is 3. The number of nitrogens with two attached hydrogens (primary N) is 1. The van der Waals surface area contributed by atoms with E-state index in [2.05, 4.69) is 9.88 Å². The second-order valence-corrected chi connectivity index (χ2v) is 3.90. The summed E-state index contributed by atoms with van der Waals surface area (Å²) in [6, 6.07) is 3.65. The smallest absolute Gasteiger partial charge is 0.390 e. The predicted octanol–water partition coefficient (Wildman–Crippen LogP) is 1.90. The average Bonchev–Trinajstić information content (AvgIpc) is 2.30. The first-order chi connectivity index (χ1) is 7.72. The van der Waals surface area contributed by atoms with Crippen LogP contribution in [0.4, 0.5) is 17.1 Å². The first-order valence-electron chi connectivity index (χ1n) is 5.30. The maximum atomic E-state index is 8.87. The molecule has 1 aromatic carbocycles. The minimum Gasteiger partial charge on any atom is -0.397 e. The summed E-state index contributed by atoms with van der Waals surface area (Å²) in [5.74, 6) is 0. The molecule has 0 radical (unpaired) electrons. The van der Waals surface area contributed by atoms with Gasteiger partial charge in [-0.25, -0.2) is 0 Å². The third-order valence-electron chi connectivity index (χ3n) is 2.80. The topological polar surface area (TPSA) is 66.6 Å². The van der Waals surface area contributed by atoms with E-state index in [4.69, 9.17) is 15.9 Å². The van der Waals surface area contributed by atoms with Crippen molar-refractivity contribution in [1.29, 1.82) is 5.39 Å². The van der Waals surface area contributed by atoms with Gasteiger partial charge in [-0.1, -0.05) is 0 Å². The lowest BCUT2D eigenvalue weighted by Gasteiger charge is -2.29. The second kappa shape index (κ2) is 4.37. The van der Waals surface area contributed by atoms with E-state index in [1.54, 1.807) is 0 Å².